The fourth-order valence-corrected chi connectivity index (χ4v) is 7.40. The summed E-state index contributed by atoms with van der Waals surface area (Å²) in [5, 5.41) is 6.63. The maximum atomic E-state index is 6.60. The van der Waals surface area contributed by atoms with Crippen LogP contribution in [0.25, 0.3) is 65.9 Å². The van der Waals surface area contributed by atoms with Crippen LogP contribution in [0, 0.1) is 0 Å². The molecule has 0 atom stereocenters. The van der Waals surface area contributed by atoms with Gasteiger partial charge in [0.15, 0.2) is 0 Å². The predicted molar refractivity (Wildman–Crippen MR) is 192 cm³/mol. The van der Waals surface area contributed by atoms with E-state index in [0.29, 0.717) is 11.8 Å². The first-order valence-electron chi connectivity index (χ1n) is 16.2. The number of hydrogen-bond acceptors (Lipinski definition) is 4. The molecule has 0 spiro atoms. The van der Waals surface area contributed by atoms with Crippen molar-refractivity contribution in [3.8, 4) is 22.6 Å². The van der Waals surface area contributed by atoms with Crippen LogP contribution in [0.5, 0.6) is 11.5 Å². The van der Waals surface area contributed by atoms with Crippen LogP contribution in [0.3, 0.4) is 0 Å². The second-order valence-electron chi connectivity index (χ2n) is 13.0. The molecule has 6 nitrogen and oxygen atoms in total. The Balaban J connectivity index is 1.25. The minimum Gasteiger partial charge on any atom is -0.457 e. The van der Waals surface area contributed by atoms with Crippen molar-refractivity contribution in [2.45, 2.75) is 39.5 Å². The third-order valence-corrected chi connectivity index (χ3v) is 9.50. The fourth-order valence-electron chi connectivity index (χ4n) is 7.40. The van der Waals surface area contributed by atoms with E-state index >= 15 is 0 Å². The molecule has 0 radical (unpaired) electrons. The summed E-state index contributed by atoms with van der Waals surface area (Å²) in [6.45, 7) is 9.14. The lowest BCUT2D eigenvalue weighted by Gasteiger charge is -2.22. The van der Waals surface area contributed by atoms with Crippen molar-refractivity contribution in [3.05, 3.63) is 127 Å². The molecule has 0 aliphatic rings. The Morgan fingerprint density at radius 3 is 1.85 bits per heavy atom. The van der Waals surface area contributed by atoms with E-state index in [1.54, 1.807) is 0 Å². The highest BCUT2D eigenvalue weighted by Gasteiger charge is 2.21. The second kappa shape index (κ2) is 10.4. The molecule has 0 saturated heterocycles. The van der Waals surface area contributed by atoms with E-state index in [1.165, 1.54) is 27.6 Å². The van der Waals surface area contributed by atoms with Crippen molar-refractivity contribution in [2.24, 2.45) is 0 Å². The molecule has 9 rings (SSSR count). The Bertz CT molecular complexity index is 2650. The number of benzene rings is 4. The second-order valence-corrected chi connectivity index (χ2v) is 13.0. The normalized spacial score (nSPS) is 12.2. The SMILES string of the molecule is CC(C)c1cccc(C(C)C)c1-c1cccc2c1c1ccc(Oc3ccc4c5cccnc5n5ccnc5c4c3)cc1c1nccn21. The number of ether oxygens (including phenoxy) is 1. The molecule has 47 heavy (non-hydrogen) atoms. The van der Waals surface area contributed by atoms with Crippen LogP contribution in [-0.2, 0) is 0 Å². The van der Waals surface area contributed by atoms with Gasteiger partial charge in [0.1, 0.15) is 28.4 Å². The van der Waals surface area contributed by atoms with Crippen molar-refractivity contribution in [1.82, 2.24) is 23.8 Å². The number of imidazole rings is 2. The van der Waals surface area contributed by atoms with Crippen molar-refractivity contribution >= 4 is 54.8 Å². The minimum atomic E-state index is 0.390. The summed E-state index contributed by atoms with van der Waals surface area (Å²) in [4.78, 5) is 14.1. The molecule has 4 aromatic carbocycles. The Kier molecular flexibility index (Phi) is 6.09. The third-order valence-electron chi connectivity index (χ3n) is 9.50. The summed E-state index contributed by atoms with van der Waals surface area (Å²) >= 11 is 0. The number of nitrogens with zero attached hydrogens (tertiary/aromatic N) is 5. The molecule has 0 unspecified atom stereocenters. The Morgan fingerprint density at radius 1 is 0.532 bits per heavy atom. The lowest BCUT2D eigenvalue weighted by Crippen LogP contribution is -2.01. The van der Waals surface area contributed by atoms with E-state index in [9.17, 15) is 0 Å². The summed E-state index contributed by atoms with van der Waals surface area (Å²) < 4.78 is 10.8. The van der Waals surface area contributed by atoms with Gasteiger partial charge < -0.3 is 4.74 Å². The van der Waals surface area contributed by atoms with E-state index in [2.05, 4.69) is 121 Å². The zero-order chi connectivity index (χ0) is 31.8. The highest BCUT2D eigenvalue weighted by Crippen LogP contribution is 2.43. The van der Waals surface area contributed by atoms with Gasteiger partial charge in [0.05, 0.1) is 5.52 Å². The maximum Gasteiger partial charge on any atom is 0.146 e. The number of rotatable bonds is 5. The van der Waals surface area contributed by atoms with E-state index in [4.69, 9.17) is 9.72 Å². The van der Waals surface area contributed by atoms with Gasteiger partial charge in [-0.3, -0.25) is 8.80 Å². The average molecular weight is 612 g/mol. The molecule has 0 bridgehead atoms. The van der Waals surface area contributed by atoms with Crippen molar-refractivity contribution < 1.29 is 4.74 Å². The van der Waals surface area contributed by atoms with Crippen LogP contribution in [-0.4, -0.2) is 23.8 Å². The molecule has 0 N–H and O–H groups in total. The van der Waals surface area contributed by atoms with Crippen molar-refractivity contribution in [2.75, 3.05) is 0 Å². The quantitative estimate of drug-likeness (QED) is 0.182. The third kappa shape index (κ3) is 4.14. The van der Waals surface area contributed by atoms with Gasteiger partial charge in [0.25, 0.3) is 0 Å². The first-order chi connectivity index (χ1) is 23.0. The van der Waals surface area contributed by atoms with Gasteiger partial charge in [0, 0.05) is 52.5 Å². The van der Waals surface area contributed by atoms with E-state index in [1.807, 2.05) is 41.3 Å². The van der Waals surface area contributed by atoms with Crippen LogP contribution < -0.4 is 4.74 Å². The van der Waals surface area contributed by atoms with E-state index in [0.717, 1.165) is 60.9 Å². The van der Waals surface area contributed by atoms with Gasteiger partial charge >= 0.3 is 0 Å². The minimum absolute atomic E-state index is 0.390. The molecular formula is C41H33N5O. The highest BCUT2D eigenvalue weighted by atomic mass is 16.5. The Labute approximate surface area is 271 Å². The number of pyridine rings is 3. The molecule has 0 fully saturated rings. The molecular weight excluding hydrogens is 578 g/mol. The summed E-state index contributed by atoms with van der Waals surface area (Å²) in [5.74, 6) is 2.28. The van der Waals surface area contributed by atoms with Crippen LogP contribution in [0.2, 0.25) is 0 Å². The summed E-state index contributed by atoms with van der Waals surface area (Å²) in [6.07, 6.45) is 9.54. The summed E-state index contributed by atoms with van der Waals surface area (Å²) in [5.41, 5.74) is 9.14. The largest absolute Gasteiger partial charge is 0.457 e. The zero-order valence-electron chi connectivity index (χ0n) is 26.8. The summed E-state index contributed by atoms with van der Waals surface area (Å²) in [7, 11) is 0. The maximum absolute atomic E-state index is 6.60. The molecule has 0 amide bonds. The average Bonchev–Trinajstić information content (AvgIpc) is 3.79. The Hall–Kier alpha value is -5.75. The lowest BCUT2D eigenvalue weighted by atomic mass is 9.83. The zero-order valence-corrected chi connectivity index (χ0v) is 26.8. The molecule has 6 heteroatoms. The van der Waals surface area contributed by atoms with Gasteiger partial charge in [-0.25, -0.2) is 15.0 Å². The molecule has 0 aliphatic heterocycles. The number of fused-ring (bicyclic) bond motifs is 12. The van der Waals surface area contributed by atoms with Crippen molar-refractivity contribution in [1.29, 1.82) is 0 Å². The molecule has 5 heterocycles. The molecule has 9 aromatic rings. The highest BCUT2D eigenvalue weighted by molar-refractivity contribution is 6.18. The van der Waals surface area contributed by atoms with Gasteiger partial charge in [0.2, 0.25) is 0 Å². The van der Waals surface area contributed by atoms with Crippen LogP contribution >= 0.6 is 0 Å². The predicted octanol–water partition coefficient (Wildman–Crippen LogP) is 10.7. The Morgan fingerprint density at radius 2 is 1.13 bits per heavy atom. The first-order valence-corrected chi connectivity index (χ1v) is 16.2. The number of aromatic nitrogens is 5. The van der Waals surface area contributed by atoms with E-state index < -0.39 is 0 Å². The topological polar surface area (TPSA) is 56.7 Å². The molecule has 0 aliphatic carbocycles. The summed E-state index contributed by atoms with van der Waals surface area (Å²) in [6, 6.07) is 30.1. The van der Waals surface area contributed by atoms with Crippen LogP contribution in [0.15, 0.2) is 116 Å². The van der Waals surface area contributed by atoms with Crippen LogP contribution in [0.1, 0.15) is 50.7 Å². The van der Waals surface area contributed by atoms with Gasteiger partial charge in [-0.05, 0) is 99.5 Å². The fraction of sp³-hybridized carbons (Fsp3) is 0.146. The van der Waals surface area contributed by atoms with E-state index in [-0.39, 0.29) is 0 Å². The lowest BCUT2D eigenvalue weighted by molar-refractivity contribution is 0.484. The molecule has 228 valence electrons. The standard InChI is InChI=1S/C41H33N5O/c1-24(2)28-8-5-9-29(25(3)4)37(28)33-10-6-12-36-38(33)31-16-14-27(23-35(31)40-43-18-20-45(36)40)47-26-13-15-30-32-11-7-17-42-39(32)46-21-19-44-41(46)34(30)22-26/h5-25H,1-4H3. The van der Waals surface area contributed by atoms with Gasteiger partial charge in [-0.2, -0.15) is 0 Å². The van der Waals surface area contributed by atoms with Gasteiger partial charge in [-0.15, -0.1) is 0 Å². The van der Waals surface area contributed by atoms with Crippen molar-refractivity contribution in [3.63, 3.8) is 0 Å². The molecule has 0 saturated carbocycles. The van der Waals surface area contributed by atoms with Crippen LogP contribution in [0.4, 0.5) is 0 Å². The molecule has 5 aromatic heterocycles. The number of hydrogen-bond donors (Lipinski definition) is 0. The van der Waals surface area contributed by atoms with Gasteiger partial charge in [-0.1, -0.05) is 58.0 Å². The smallest absolute Gasteiger partial charge is 0.146 e. The first kappa shape index (κ1) is 27.6. The monoisotopic (exact) mass is 611 g/mol.